The van der Waals surface area contributed by atoms with Crippen LogP contribution in [0.15, 0.2) is 71.1 Å². The molecule has 0 amide bonds. The summed E-state index contributed by atoms with van der Waals surface area (Å²) in [4.78, 5) is 22.1. The van der Waals surface area contributed by atoms with Gasteiger partial charge in [-0.15, -0.1) is 0 Å². The zero-order valence-electron chi connectivity index (χ0n) is 20.4. The molecule has 2 aromatic heterocycles. The Balaban J connectivity index is 1.55. The highest BCUT2D eigenvalue weighted by Gasteiger charge is 2.24. The highest BCUT2D eigenvalue weighted by Crippen LogP contribution is 2.38. The molecule has 0 unspecified atom stereocenters. The molecule has 182 valence electrons. The van der Waals surface area contributed by atoms with E-state index in [1.54, 1.807) is 0 Å². The standard InChI is InChI=1S/C30H29N3O3/c1-35-30(34)21-17-18-26-25(19-21)31-28(33(26)22-13-8-3-2-4-9-14-22)23-15-10-16-24-27(23)36-29(32-24)20-11-6-5-7-12-20/h5-7,10-12,15-19,22H,2-4,8-9,13-14H2,1H3. The summed E-state index contributed by atoms with van der Waals surface area (Å²) >= 11 is 0. The van der Waals surface area contributed by atoms with Gasteiger partial charge in [-0.1, -0.05) is 56.4 Å². The van der Waals surface area contributed by atoms with Gasteiger partial charge in [0.05, 0.1) is 29.3 Å². The molecule has 1 aliphatic rings. The molecule has 6 heteroatoms. The van der Waals surface area contributed by atoms with Gasteiger partial charge < -0.3 is 13.7 Å². The van der Waals surface area contributed by atoms with Crippen molar-refractivity contribution in [3.63, 3.8) is 0 Å². The Morgan fingerprint density at radius 2 is 1.67 bits per heavy atom. The first-order valence-corrected chi connectivity index (χ1v) is 12.8. The second-order valence-electron chi connectivity index (χ2n) is 9.54. The molecule has 1 fully saturated rings. The average Bonchev–Trinajstić information content (AvgIpc) is 3.50. The van der Waals surface area contributed by atoms with Gasteiger partial charge in [0.15, 0.2) is 5.58 Å². The first kappa shape index (κ1) is 22.5. The number of hydrogen-bond donors (Lipinski definition) is 0. The van der Waals surface area contributed by atoms with Crippen LogP contribution in [-0.2, 0) is 4.74 Å². The van der Waals surface area contributed by atoms with E-state index in [1.807, 2.05) is 60.7 Å². The third-order valence-electron chi connectivity index (χ3n) is 7.23. The van der Waals surface area contributed by atoms with Gasteiger partial charge in [0.1, 0.15) is 11.3 Å². The van der Waals surface area contributed by atoms with Crippen LogP contribution in [0.4, 0.5) is 0 Å². The normalized spacial score (nSPS) is 15.1. The molecular weight excluding hydrogens is 450 g/mol. The minimum atomic E-state index is -0.358. The minimum Gasteiger partial charge on any atom is -0.465 e. The van der Waals surface area contributed by atoms with Gasteiger partial charge in [0, 0.05) is 11.6 Å². The lowest BCUT2D eigenvalue weighted by atomic mass is 9.96. The first-order valence-electron chi connectivity index (χ1n) is 12.8. The van der Waals surface area contributed by atoms with Gasteiger partial charge >= 0.3 is 5.97 Å². The summed E-state index contributed by atoms with van der Waals surface area (Å²) < 4.78 is 13.7. The van der Waals surface area contributed by atoms with Crippen molar-refractivity contribution in [2.75, 3.05) is 7.11 Å². The Morgan fingerprint density at radius 3 is 2.44 bits per heavy atom. The van der Waals surface area contributed by atoms with Crippen molar-refractivity contribution in [3.8, 4) is 22.8 Å². The molecule has 0 saturated heterocycles. The first-order chi connectivity index (χ1) is 17.7. The van der Waals surface area contributed by atoms with Crippen LogP contribution in [0.5, 0.6) is 0 Å². The Labute approximate surface area is 209 Å². The summed E-state index contributed by atoms with van der Waals surface area (Å²) in [5, 5.41) is 0. The van der Waals surface area contributed by atoms with Crippen LogP contribution in [0, 0.1) is 0 Å². The number of para-hydroxylation sites is 1. The second-order valence-corrected chi connectivity index (χ2v) is 9.54. The van der Waals surface area contributed by atoms with Crippen molar-refractivity contribution in [2.45, 2.75) is 51.0 Å². The van der Waals surface area contributed by atoms with Crippen molar-refractivity contribution in [3.05, 3.63) is 72.3 Å². The van der Waals surface area contributed by atoms with E-state index in [-0.39, 0.29) is 5.97 Å². The highest BCUT2D eigenvalue weighted by atomic mass is 16.5. The number of imidazole rings is 1. The van der Waals surface area contributed by atoms with E-state index >= 15 is 0 Å². The maximum absolute atomic E-state index is 12.2. The fourth-order valence-corrected chi connectivity index (χ4v) is 5.43. The van der Waals surface area contributed by atoms with Gasteiger partial charge in [-0.2, -0.15) is 0 Å². The molecule has 0 spiro atoms. The van der Waals surface area contributed by atoms with Gasteiger partial charge in [-0.3, -0.25) is 0 Å². The number of carbonyl (C=O) groups excluding carboxylic acids is 1. The van der Waals surface area contributed by atoms with Crippen LogP contribution in [0.25, 0.3) is 45.0 Å². The number of ether oxygens (including phenoxy) is 1. The molecule has 0 radical (unpaired) electrons. The van der Waals surface area contributed by atoms with Crippen molar-refractivity contribution < 1.29 is 13.9 Å². The van der Waals surface area contributed by atoms with Gasteiger partial charge in [0.25, 0.3) is 0 Å². The highest BCUT2D eigenvalue weighted by molar-refractivity contribution is 5.96. The van der Waals surface area contributed by atoms with Crippen molar-refractivity contribution in [1.29, 1.82) is 0 Å². The zero-order chi connectivity index (χ0) is 24.5. The van der Waals surface area contributed by atoms with Crippen molar-refractivity contribution in [2.24, 2.45) is 0 Å². The Hall–Kier alpha value is -3.93. The number of carbonyl (C=O) groups is 1. The summed E-state index contributed by atoms with van der Waals surface area (Å²) in [5.41, 5.74) is 5.71. The molecule has 6 rings (SSSR count). The number of aromatic nitrogens is 3. The maximum atomic E-state index is 12.2. The molecule has 1 aliphatic carbocycles. The molecular formula is C30H29N3O3. The lowest BCUT2D eigenvalue weighted by Crippen LogP contribution is -2.12. The molecule has 2 heterocycles. The molecule has 6 nitrogen and oxygen atoms in total. The van der Waals surface area contributed by atoms with Gasteiger partial charge in [0.2, 0.25) is 5.89 Å². The van der Waals surface area contributed by atoms with Crippen molar-refractivity contribution >= 4 is 28.1 Å². The molecule has 36 heavy (non-hydrogen) atoms. The van der Waals surface area contributed by atoms with Crippen LogP contribution in [0.1, 0.15) is 61.3 Å². The zero-order valence-corrected chi connectivity index (χ0v) is 20.4. The quantitative estimate of drug-likeness (QED) is 0.248. The number of rotatable bonds is 4. The summed E-state index contributed by atoms with van der Waals surface area (Å²) in [5.74, 6) is 1.10. The topological polar surface area (TPSA) is 70.2 Å². The molecule has 0 atom stereocenters. The smallest absolute Gasteiger partial charge is 0.337 e. The van der Waals surface area contributed by atoms with E-state index in [2.05, 4.69) is 10.6 Å². The SMILES string of the molecule is COC(=O)c1ccc2c(c1)nc(-c1cccc3nc(-c4ccccc4)oc13)n2C1CCCCCCC1. The molecule has 0 bridgehead atoms. The molecule has 0 N–H and O–H groups in total. The van der Waals surface area contributed by atoms with Crippen LogP contribution < -0.4 is 0 Å². The number of hydrogen-bond acceptors (Lipinski definition) is 5. The van der Waals surface area contributed by atoms with Crippen LogP contribution >= 0.6 is 0 Å². The van der Waals surface area contributed by atoms with Crippen LogP contribution in [0.2, 0.25) is 0 Å². The van der Waals surface area contributed by atoms with Crippen LogP contribution in [0.3, 0.4) is 0 Å². The number of oxazole rings is 1. The summed E-state index contributed by atoms with van der Waals surface area (Å²) in [7, 11) is 1.40. The number of esters is 1. The van der Waals surface area contributed by atoms with E-state index in [0.717, 1.165) is 51.9 Å². The molecule has 1 saturated carbocycles. The van der Waals surface area contributed by atoms with E-state index in [0.29, 0.717) is 17.5 Å². The van der Waals surface area contributed by atoms with Crippen LogP contribution in [-0.4, -0.2) is 27.6 Å². The number of fused-ring (bicyclic) bond motifs is 2. The monoisotopic (exact) mass is 479 g/mol. The summed E-state index contributed by atoms with van der Waals surface area (Å²) in [6.45, 7) is 0. The second kappa shape index (κ2) is 9.61. The number of methoxy groups -OCH3 is 1. The number of nitrogens with zero attached hydrogens (tertiary/aromatic N) is 3. The lowest BCUT2D eigenvalue weighted by molar-refractivity contribution is 0.0601. The Bertz CT molecular complexity index is 1530. The van der Waals surface area contributed by atoms with E-state index in [9.17, 15) is 4.79 Å². The summed E-state index contributed by atoms with van der Waals surface area (Å²) in [6, 6.07) is 22.0. The number of benzene rings is 3. The third kappa shape index (κ3) is 4.06. The largest absolute Gasteiger partial charge is 0.465 e. The summed E-state index contributed by atoms with van der Waals surface area (Å²) in [6.07, 6.45) is 8.47. The Kier molecular flexibility index (Phi) is 6.01. The van der Waals surface area contributed by atoms with E-state index in [1.165, 1.54) is 39.2 Å². The van der Waals surface area contributed by atoms with E-state index in [4.69, 9.17) is 19.1 Å². The fraction of sp³-hybridized carbons (Fsp3) is 0.300. The molecule has 0 aliphatic heterocycles. The predicted octanol–water partition coefficient (Wildman–Crippen LogP) is 7.58. The maximum Gasteiger partial charge on any atom is 0.337 e. The fourth-order valence-electron chi connectivity index (χ4n) is 5.43. The van der Waals surface area contributed by atoms with E-state index < -0.39 is 0 Å². The van der Waals surface area contributed by atoms with Crippen molar-refractivity contribution in [1.82, 2.24) is 14.5 Å². The Morgan fingerprint density at radius 1 is 0.889 bits per heavy atom. The average molecular weight is 480 g/mol. The van der Waals surface area contributed by atoms with Gasteiger partial charge in [-0.25, -0.2) is 14.8 Å². The third-order valence-corrected chi connectivity index (χ3v) is 7.23. The van der Waals surface area contributed by atoms with Gasteiger partial charge in [-0.05, 0) is 55.3 Å². The minimum absolute atomic E-state index is 0.334. The molecule has 5 aromatic rings. The lowest BCUT2D eigenvalue weighted by Gasteiger charge is -2.24. The molecule has 3 aromatic carbocycles. The predicted molar refractivity (Wildman–Crippen MR) is 141 cm³/mol.